The van der Waals surface area contributed by atoms with Gasteiger partial charge in [0, 0.05) is 12.0 Å². The second-order valence-corrected chi connectivity index (χ2v) is 4.61. The van der Waals surface area contributed by atoms with Gasteiger partial charge in [-0.25, -0.2) is 4.74 Å². The molecule has 2 aromatic rings. The molecule has 0 N–H and O–H groups in total. The molecule has 104 valence electrons. The van der Waals surface area contributed by atoms with E-state index in [9.17, 15) is 5.21 Å². The highest BCUT2D eigenvalue weighted by Crippen LogP contribution is 2.13. The summed E-state index contributed by atoms with van der Waals surface area (Å²) in [6.07, 6.45) is 2.45. The second-order valence-electron chi connectivity index (χ2n) is 4.61. The van der Waals surface area contributed by atoms with Gasteiger partial charge in [0.1, 0.15) is 12.4 Å². The van der Waals surface area contributed by atoms with Crippen LogP contribution in [-0.4, -0.2) is 17.5 Å². The Labute approximate surface area is 119 Å². The summed E-state index contributed by atoms with van der Waals surface area (Å²) < 4.78 is 6.65. The lowest BCUT2D eigenvalue weighted by atomic mass is 10.2. The number of hydrogen-bond acceptors (Lipinski definition) is 2. The van der Waals surface area contributed by atoms with E-state index in [4.69, 9.17) is 4.74 Å². The van der Waals surface area contributed by atoms with Crippen LogP contribution < -0.4 is 4.74 Å². The fourth-order valence-electron chi connectivity index (χ4n) is 1.84. The third-order valence-corrected chi connectivity index (χ3v) is 2.87. The van der Waals surface area contributed by atoms with E-state index in [2.05, 4.69) is 0 Å². The molecule has 0 atom stereocenters. The Balaban J connectivity index is 1.93. The van der Waals surface area contributed by atoms with Crippen LogP contribution in [0.3, 0.4) is 0 Å². The molecule has 20 heavy (non-hydrogen) atoms. The molecule has 0 heterocycles. The predicted molar refractivity (Wildman–Crippen MR) is 81.2 cm³/mol. The Morgan fingerprint density at radius 3 is 2.40 bits per heavy atom. The molecule has 0 unspecified atom stereocenters. The lowest BCUT2D eigenvalue weighted by molar-refractivity contribution is -0.452. The summed E-state index contributed by atoms with van der Waals surface area (Å²) in [5.41, 5.74) is 2.03. The molecule has 2 rings (SSSR count). The van der Waals surface area contributed by atoms with E-state index >= 15 is 0 Å². The average molecular weight is 269 g/mol. The quantitative estimate of drug-likeness (QED) is 0.347. The monoisotopic (exact) mass is 269 g/mol. The van der Waals surface area contributed by atoms with Crippen molar-refractivity contribution in [1.82, 2.24) is 0 Å². The molecule has 0 amide bonds. The standard InChI is InChI=1S/C17H19NO2/c1-2-12-18(19)13-15-8-10-17(11-9-15)20-14-16-6-4-3-5-7-16/h3-11,13H,2,12,14H2,1H3. The molecule has 0 spiro atoms. The van der Waals surface area contributed by atoms with Crippen molar-refractivity contribution in [1.29, 1.82) is 0 Å². The van der Waals surface area contributed by atoms with Crippen LogP contribution in [0.15, 0.2) is 54.6 Å². The van der Waals surface area contributed by atoms with Gasteiger partial charge >= 0.3 is 0 Å². The Kier molecular flexibility index (Phi) is 5.18. The lowest BCUT2D eigenvalue weighted by Gasteiger charge is -2.06. The summed E-state index contributed by atoms with van der Waals surface area (Å²) in [6, 6.07) is 17.6. The summed E-state index contributed by atoms with van der Waals surface area (Å²) in [6.45, 7) is 3.05. The van der Waals surface area contributed by atoms with Gasteiger partial charge in [0.15, 0.2) is 12.8 Å². The van der Waals surface area contributed by atoms with Crippen molar-refractivity contribution in [3.63, 3.8) is 0 Å². The highest BCUT2D eigenvalue weighted by atomic mass is 16.5. The van der Waals surface area contributed by atoms with E-state index in [1.165, 1.54) is 0 Å². The van der Waals surface area contributed by atoms with E-state index in [1.54, 1.807) is 6.21 Å². The first kappa shape index (κ1) is 14.1. The minimum Gasteiger partial charge on any atom is -0.624 e. The SMILES string of the molecule is CCC[N+]([O-])=Cc1ccc(OCc2ccccc2)cc1. The number of benzene rings is 2. The van der Waals surface area contributed by atoms with E-state index in [1.807, 2.05) is 61.5 Å². The molecule has 0 fully saturated rings. The predicted octanol–water partition coefficient (Wildman–Crippen LogP) is 3.60. The third kappa shape index (κ3) is 4.43. The Morgan fingerprint density at radius 2 is 1.75 bits per heavy atom. The van der Waals surface area contributed by atoms with Crippen LogP contribution in [0.2, 0.25) is 0 Å². The molecule has 2 aromatic carbocycles. The van der Waals surface area contributed by atoms with Gasteiger partial charge in [-0.15, -0.1) is 0 Å². The molecule has 0 aliphatic rings. The molecule has 0 radical (unpaired) electrons. The molecule has 0 aliphatic carbocycles. The molecule has 0 bridgehead atoms. The fraction of sp³-hybridized carbons (Fsp3) is 0.235. The van der Waals surface area contributed by atoms with Crippen LogP contribution in [-0.2, 0) is 6.61 Å². The van der Waals surface area contributed by atoms with Crippen molar-refractivity contribution in [2.24, 2.45) is 0 Å². The first-order chi connectivity index (χ1) is 9.78. The highest BCUT2D eigenvalue weighted by molar-refractivity contribution is 5.75. The maximum Gasteiger partial charge on any atom is 0.181 e. The van der Waals surface area contributed by atoms with Crippen LogP contribution in [0.4, 0.5) is 0 Å². The van der Waals surface area contributed by atoms with Crippen molar-refractivity contribution in [3.05, 3.63) is 70.9 Å². The number of hydrogen-bond donors (Lipinski definition) is 0. The Hall–Kier alpha value is -2.29. The summed E-state index contributed by atoms with van der Waals surface area (Å²) in [5.74, 6) is 0.805. The lowest BCUT2D eigenvalue weighted by Crippen LogP contribution is -2.06. The molecule has 3 nitrogen and oxygen atoms in total. The van der Waals surface area contributed by atoms with E-state index < -0.39 is 0 Å². The van der Waals surface area contributed by atoms with Crippen molar-refractivity contribution < 1.29 is 9.48 Å². The van der Waals surface area contributed by atoms with Gasteiger partial charge in [0.05, 0.1) is 0 Å². The Bertz CT molecular complexity index is 547. The molecule has 0 aromatic heterocycles. The zero-order chi connectivity index (χ0) is 14.2. The van der Waals surface area contributed by atoms with Gasteiger partial charge in [-0.3, -0.25) is 0 Å². The molecular formula is C17H19NO2. The van der Waals surface area contributed by atoms with Crippen molar-refractivity contribution in [3.8, 4) is 5.75 Å². The maximum absolute atomic E-state index is 11.4. The molecular weight excluding hydrogens is 250 g/mol. The second kappa shape index (κ2) is 7.34. The maximum atomic E-state index is 11.4. The number of ether oxygens (including phenoxy) is 1. The highest BCUT2D eigenvalue weighted by Gasteiger charge is 1.98. The molecule has 0 aliphatic heterocycles. The van der Waals surface area contributed by atoms with Crippen LogP contribution >= 0.6 is 0 Å². The summed E-state index contributed by atoms with van der Waals surface area (Å²) in [7, 11) is 0. The summed E-state index contributed by atoms with van der Waals surface area (Å²) >= 11 is 0. The average Bonchev–Trinajstić information content (AvgIpc) is 2.48. The molecule has 0 saturated carbocycles. The zero-order valence-electron chi connectivity index (χ0n) is 11.7. The summed E-state index contributed by atoms with van der Waals surface area (Å²) in [5, 5.41) is 11.4. The van der Waals surface area contributed by atoms with Gasteiger partial charge in [-0.1, -0.05) is 37.3 Å². The van der Waals surface area contributed by atoms with E-state index in [0.29, 0.717) is 13.2 Å². The van der Waals surface area contributed by atoms with Crippen LogP contribution in [0.1, 0.15) is 24.5 Å². The molecule has 3 heteroatoms. The minimum absolute atomic E-state index is 0.520. The zero-order valence-corrected chi connectivity index (χ0v) is 11.7. The number of hydroxylamine groups is 1. The smallest absolute Gasteiger partial charge is 0.181 e. The van der Waals surface area contributed by atoms with Gasteiger partial charge < -0.3 is 9.94 Å². The number of rotatable bonds is 6. The van der Waals surface area contributed by atoms with Crippen molar-refractivity contribution >= 4 is 6.21 Å². The van der Waals surface area contributed by atoms with Gasteiger partial charge in [0.2, 0.25) is 0 Å². The fourth-order valence-corrected chi connectivity index (χ4v) is 1.84. The first-order valence-electron chi connectivity index (χ1n) is 6.83. The summed E-state index contributed by atoms with van der Waals surface area (Å²) in [4.78, 5) is 0. The van der Waals surface area contributed by atoms with Gasteiger partial charge in [-0.05, 0) is 29.8 Å². The topological polar surface area (TPSA) is 35.3 Å². The largest absolute Gasteiger partial charge is 0.624 e. The first-order valence-corrected chi connectivity index (χ1v) is 6.83. The van der Waals surface area contributed by atoms with Gasteiger partial charge in [-0.2, -0.15) is 0 Å². The third-order valence-electron chi connectivity index (χ3n) is 2.87. The van der Waals surface area contributed by atoms with Crippen LogP contribution in [0, 0.1) is 5.21 Å². The van der Waals surface area contributed by atoms with E-state index in [-0.39, 0.29) is 0 Å². The normalized spacial score (nSPS) is 11.3. The van der Waals surface area contributed by atoms with Crippen molar-refractivity contribution in [2.45, 2.75) is 20.0 Å². The van der Waals surface area contributed by atoms with Gasteiger partial charge in [0.25, 0.3) is 0 Å². The van der Waals surface area contributed by atoms with Crippen LogP contribution in [0.5, 0.6) is 5.75 Å². The van der Waals surface area contributed by atoms with Crippen molar-refractivity contribution in [2.75, 3.05) is 6.54 Å². The van der Waals surface area contributed by atoms with Crippen LogP contribution in [0.25, 0.3) is 0 Å². The Morgan fingerprint density at radius 1 is 1.05 bits per heavy atom. The molecule has 0 saturated heterocycles. The minimum atomic E-state index is 0.520. The van der Waals surface area contributed by atoms with E-state index in [0.717, 1.165) is 28.0 Å². The number of nitrogens with zero attached hydrogens (tertiary/aromatic N) is 1.